The summed E-state index contributed by atoms with van der Waals surface area (Å²) >= 11 is 0. The average Bonchev–Trinajstić information content (AvgIpc) is 3.01. The number of hydrogen-bond acceptors (Lipinski definition) is 5. The third-order valence-electron chi connectivity index (χ3n) is 3.78. The number of esters is 1. The molecule has 6 heteroatoms. The van der Waals surface area contributed by atoms with Crippen molar-refractivity contribution in [2.75, 3.05) is 20.2 Å². The quantitative estimate of drug-likeness (QED) is 0.833. The van der Waals surface area contributed by atoms with Crippen LogP contribution in [0.2, 0.25) is 0 Å². The van der Waals surface area contributed by atoms with Gasteiger partial charge in [0.1, 0.15) is 11.8 Å². The molecule has 2 atom stereocenters. The number of likely N-dealkylation sites (tertiary alicyclic amines) is 1. The van der Waals surface area contributed by atoms with Crippen LogP contribution in [0.15, 0.2) is 22.8 Å². The maximum Gasteiger partial charge on any atom is 0.323 e. The van der Waals surface area contributed by atoms with Gasteiger partial charge in [-0.15, -0.1) is 0 Å². The lowest BCUT2D eigenvalue weighted by molar-refractivity contribution is -0.148. The van der Waals surface area contributed by atoms with Gasteiger partial charge in [-0.25, -0.2) is 0 Å². The zero-order valence-electron chi connectivity index (χ0n) is 12.5. The van der Waals surface area contributed by atoms with E-state index in [4.69, 9.17) is 9.15 Å². The van der Waals surface area contributed by atoms with Crippen LogP contribution in [0.4, 0.5) is 0 Å². The minimum Gasteiger partial charge on any atom is -0.468 e. The molecule has 0 aromatic carbocycles. The van der Waals surface area contributed by atoms with Gasteiger partial charge in [-0.1, -0.05) is 6.42 Å². The van der Waals surface area contributed by atoms with Gasteiger partial charge in [0.2, 0.25) is 5.91 Å². The molecule has 1 fully saturated rings. The van der Waals surface area contributed by atoms with Crippen LogP contribution in [-0.4, -0.2) is 43.0 Å². The molecule has 21 heavy (non-hydrogen) atoms. The van der Waals surface area contributed by atoms with Crippen molar-refractivity contribution in [3.8, 4) is 0 Å². The normalized spacial score (nSPS) is 20.8. The molecule has 0 spiro atoms. The largest absolute Gasteiger partial charge is 0.468 e. The maximum absolute atomic E-state index is 12.1. The molecule has 116 valence electrons. The fourth-order valence-corrected chi connectivity index (χ4v) is 2.66. The lowest BCUT2D eigenvalue weighted by Crippen LogP contribution is -2.49. The summed E-state index contributed by atoms with van der Waals surface area (Å²) < 4.78 is 10.1. The molecule has 2 heterocycles. The summed E-state index contributed by atoms with van der Waals surface area (Å²) in [6.07, 6.45) is 4.30. The Morgan fingerprint density at radius 2 is 2.33 bits per heavy atom. The first-order chi connectivity index (χ1) is 10.1. The number of carbonyl (C=O) groups is 2. The second kappa shape index (κ2) is 7.26. The maximum atomic E-state index is 12.1. The Labute approximate surface area is 124 Å². The van der Waals surface area contributed by atoms with Crippen LogP contribution < -0.4 is 5.32 Å². The number of nitrogens with one attached hydrogen (secondary N) is 1. The van der Waals surface area contributed by atoms with E-state index in [2.05, 4.69) is 5.32 Å². The van der Waals surface area contributed by atoms with Crippen LogP contribution in [0.5, 0.6) is 0 Å². The van der Waals surface area contributed by atoms with E-state index in [0.29, 0.717) is 5.76 Å². The Morgan fingerprint density at radius 3 is 3.00 bits per heavy atom. The van der Waals surface area contributed by atoms with Crippen molar-refractivity contribution in [3.63, 3.8) is 0 Å². The molecule has 1 aromatic rings. The molecule has 1 aliphatic rings. The third kappa shape index (κ3) is 4.07. The summed E-state index contributed by atoms with van der Waals surface area (Å²) in [5.74, 6) is 0.336. The molecule has 1 aromatic heterocycles. The molecule has 1 saturated heterocycles. The molecule has 0 aliphatic carbocycles. The summed E-state index contributed by atoms with van der Waals surface area (Å²) in [4.78, 5) is 25.8. The van der Waals surface area contributed by atoms with E-state index in [-0.39, 0.29) is 30.5 Å². The van der Waals surface area contributed by atoms with E-state index in [1.807, 2.05) is 17.9 Å². The van der Waals surface area contributed by atoms with Gasteiger partial charge in [0, 0.05) is 0 Å². The third-order valence-corrected chi connectivity index (χ3v) is 3.78. The van der Waals surface area contributed by atoms with Crippen molar-refractivity contribution in [2.24, 2.45) is 0 Å². The highest BCUT2D eigenvalue weighted by Gasteiger charge is 2.30. The van der Waals surface area contributed by atoms with E-state index in [9.17, 15) is 9.59 Å². The highest BCUT2D eigenvalue weighted by molar-refractivity contribution is 5.80. The molecule has 1 aliphatic heterocycles. The molecule has 1 amide bonds. The van der Waals surface area contributed by atoms with Crippen molar-refractivity contribution in [1.29, 1.82) is 0 Å². The van der Waals surface area contributed by atoms with Crippen molar-refractivity contribution < 1.29 is 18.7 Å². The number of hydrogen-bond donors (Lipinski definition) is 1. The number of furan rings is 1. The van der Waals surface area contributed by atoms with E-state index < -0.39 is 0 Å². The van der Waals surface area contributed by atoms with Gasteiger partial charge >= 0.3 is 5.97 Å². The van der Waals surface area contributed by atoms with Gasteiger partial charge in [-0.3, -0.25) is 14.5 Å². The Kier molecular flexibility index (Phi) is 5.38. The standard InChI is InChI=1S/C15H22N2O4/c1-11(13-7-5-9-21-13)16-14(18)10-17-8-4-3-6-12(17)15(19)20-2/h5,7,9,11-12H,3-4,6,8,10H2,1-2H3,(H,16,18)/t11?,12-/m1/s1. The van der Waals surface area contributed by atoms with Crippen molar-refractivity contribution >= 4 is 11.9 Å². The highest BCUT2D eigenvalue weighted by Crippen LogP contribution is 2.18. The summed E-state index contributed by atoms with van der Waals surface area (Å²) in [6.45, 7) is 2.80. The van der Waals surface area contributed by atoms with Gasteiger partial charge < -0.3 is 14.5 Å². The molecule has 2 rings (SSSR count). The second-order valence-electron chi connectivity index (χ2n) is 5.31. The first kappa shape index (κ1) is 15.6. The molecular formula is C15H22N2O4. The van der Waals surface area contributed by atoms with Crippen LogP contribution in [-0.2, 0) is 14.3 Å². The monoisotopic (exact) mass is 294 g/mol. The summed E-state index contributed by atoms with van der Waals surface area (Å²) in [6, 6.07) is 3.11. The zero-order chi connectivity index (χ0) is 15.2. The summed E-state index contributed by atoms with van der Waals surface area (Å²) in [5.41, 5.74) is 0. The molecule has 0 bridgehead atoms. The molecule has 0 radical (unpaired) electrons. The Hall–Kier alpha value is -1.82. The van der Waals surface area contributed by atoms with Crippen LogP contribution in [0, 0.1) is 0 Å². The van der Waals surface area contributed by atoms with Gasteiger partial charge in [0.25, 0.3) is 0 Å². The van der Waals surface area contributed by atoms with E-state index in [0.717, 1.165) is 25.8 Å². The number of methoxy groups -OCH3 is 1. The second-order valence-corrected chi connectivity index (χ2v) is 5.31. The van der Waals surface area contributed by atoms with Gasteiger partial charge in [-0.2, -0.15) is 0 Å². The predicted molar refractivity (Wildman–Crippen MR) is 76.5 cm³/mol. The van der Waals surface area contributed by atoms with Gasteiger partial charge in [-0.05, 0) is 38.4 Å². The number of amides is 1. The summed E-state index contributed by atoms with van der Waals surface area (Å²) in [5, 5.41) is 2.88. The number of ether oxygens (including phenoxy) is 1. The molecule has 6 nitrogen and oxygen atoms in total. The van der Waals surface area contributed by atoms with E-state index in [1.54, 1.807) is 12.3 Å². The first-order valence-corrected chi connectivity index (χ1v) is 7.26. The average molecular weight is 294 g/mol. The fraction of sp³-hybridized carbons (Fsp3) is 0.600. The molecule has 0 saturated carbocycles. The molecule has 1 unspecified atom stereocenters. The number of rotatable bonds is 5. The van der Waals surface area contributed by atoms with Gasteiger partial charge in [0.15, 0.2) is 0 Å². The summed E-state index contributed by atoms with van der Waals surface area (Å²) in [7, 11) is 1.38. The minimum absolute atomic E-state index is 0.116. The Balaban J connectivity index is 1.89. The van der Waals surface area contributed by atoms with Gasteiger partial charge in [0.05, 0.1) is 26.0 Å². The van der Waals surface area contributed by atoms with E-state index in [1.165, 1.54) is 7.11 Å². The zero-order valence-corrected chi connectivity index (χ0v) is 12.5. The fourth-order valence-electron chi connectivity index (χ4n) is 2.66. The first-order valence-electron chi connectivity index (χ1n) is 7.26. The smallest absolute Gasteiger partial charge is 0.323 e. The SMILES string of the molecule is COC(=O)[C@H]1CCCCN1CC(=O)NC(C)c1ccco1. The number of nitrogens with zero attached hydrogens (tertiary/aromatic N) is 1. The van der Waals surface area contributed by atoms with E-state index >= 15 is 0 Å². The van der Waals surface area contributed by atoms with Crippen molar-refractivity contribution in [3.05, 3.63) is 24.2 Å². The molecule has 1 N–H and O–H groups in total. The highest BCUT2D eigenvalue weighted by atomic mass is 16.5. The van der Waals surface area contributed by atoms with Crippen LogP contribution >= 0.6 is 0 Å². The predicted octanol–water partition coefficient (Wildman–Crippen LogP) is 1.48. The van der Waals surface area contributed by atoms with Crippen LogP contribution in [0.1, 0.15) is 38.0 Å². The lowest BCUT2D eigenvalue weighted by Gasteiger charge is -2.33. The minimum atomic E-state index is -0.312. The Bertz CT molecular complexity index is 472. The number of piperidine rings is 1. The van der Waals surface area contributed by atoms with Crippen molar-refractivity contribution in [1.82, 2.24) is 10.2 Å². The van der Waals surface area contributed by atoms with Crippen molar-refractivity contribution in [2.45, 2.75) is 38.3 Å². The number of carbonyl (C=O) groups excluding carboxylic acids is 2. The topological polar surface area (TPSA) is 71.8 Å². The van der Waals surface area contributed by atoms with Crippen LogP contribution in [0.3, 0.4) is 0 Å². The lowest BCUT2D eigenvalue weighted by atomic mass is 10.0. The van der Waals surface area contributed by atoms with Crippen LogP contribution in [0.25, 0.3) is 0 Å². The molecular weight excluding hydrogens is 272 g/mol. The Morgan fingerprint density at radius 1 is 1.52 bits per heavy atom.